The number of amides is 1. The molecule has 0 fully saturated rings. The quantitative estimate of drug-likeness (QED) is 0.651. The lowest BCUT2D eigenvalue weighted by atomic mass is 10.2. The highest BCUT2D eigenvalue weighted by atomic mass is 79.9. The molecule has 0 saturated carbocycles. The maximum atomic E-state index is 12.9. The van der Waals surface area contributed by atoms with Crippen molar-refractivity contribution in [1.29, 1.82) is 0 Å². The van der Waals surface area contributed by atoms with Gasteiger partial charge in [0.2, 0.25) is 0 Å². The Hall–Kier alpha value is -1.85. The average Bonchev–Trinajstić information content (AvgIpc) is 2.89. The predicted octanol–water partition coefficient (Wildman–Crippen LogP) is 5.18. The smallest absolute Gasteiger partial charge is 0.274 e. The maximum absolute atomic E-state index is 12.9. The number of carbonyl (C=O) groups is 1. The lowest BCUT2D eigenvalue weighted by Crippen LogP contribution is -2.17. The minimum atomic E-state index is -0.192. The molecule has 0 aliphatic heterocycles. The van der Waals surface area contributed by atoms with Crippen molar-refractivity contribution in [1.82, 2.24) is 9.38 Å². The molecule has 2 aromatic heterocycles. The first-order valence-corrected chi connectivity index (χ1v) is 8.82. The highest BCUT2D eigenvalue weighted by molar-refractivity contribution is 9.10. The first kappa shape index (κ1) is 17.0. The molecule has 2 heterocycles. The van der Waals surface area contributed by atoms with Crippen LogP contribution in [0, 0.1) is 13.8 Å². The number of hydrogen-bond donors (Lipinski definition) is 1. The summed E-state index contributed by atoms with van der Waals surface area (Å²) in [7, 11) is 0. The second-order valence-electron chi connectivity index (χ2n) is 5.73. The molecule has 0 aliphatic carbocycles. The molecule has 24 heavy (non-hydrogen) atoms. The molecule has 0 unspecified atom stereocenters. The first-order chi connectivity index (χ1) is 11.4. The molecule has 0 radical (unpaired) electrons. The lowest BCUT2D eigenvalue weighted by molar-refractivity contribution is 0.102. The number of hydrogen-bond acceptors (Lipinski definition) is 2. The Balaban J connectivity index is 2.11. The molecule has 1 N–H and O–H groups in total. The van der Waals surface area contributed by atoms with Crippen LogP contribution < -0.4 is 5.32 Å². The number of pyridine rings is 1. The third-order valence-electron chi connectivity index (χ3n) is 3.88. The van der Waals surface area contributed by atoms with Gasteiger partial charge in [0.25, 0.3) is 5.91 Å². The van der Waals surface area contributed by atoms with E-state index < -0.39 is 0 Å². The van der Waals surface area contributed by atoms with Crippen molar-refractivity contribution in [3.05, 3.63) is 62.5 Å². The van der Waals surface area contributed by atoms with Crippen molar-refractivity contribution in [3.8, 4) is 0 Å². The molecular weight excluding hydrogens is 390 g/mol. The van der Waals surface area contributed by atoms with E-state index in [0.717, 1.165) is 26.9 Å². The van der Waals surface area contributed by atoms with Crippen molar-refractivity contribution in [2.24, 2.45) is 0 Å². The SMILES string of the molecule is CCc1nc2c(Br)cc(C)cn2c1C(=O)Nc1cc(Cl)ccc1C. The molecule has 0 aliphatic rings. The van der Waals surface area contributed by atoms with E-state index in [1.807, 2.05) is 43.5 Å². The number of rotatable bonds is 3. The van der Waals surface area contributed by atoms with Gasteiger partial charge in [-0.15, -0.1) is 0 Å². The Labute approximate surface area is 154 Å². The van der Waals surface area contributed by atoms with E-state index in [1.54, 1.807) is 12.1 Å². The second-order valence-corrected chi connectivity index (χ2v) is 7.02. The molecule has 3 rings (SSSR count). The minimum Gasteiger partial charge on any atom is -0.320 e. The summed E-state index contributed by atoms with van der Waals surface area (Å²) >= 11 is 9.57. The second kappa shape index (κ2) is 6.57. The molecule has 0 spiro atoms. The zero-order valence-corrected chi connectivity index (χ0v) is 16.0. The van der Waals surface area contributed by atoms with Crippen LogP contribution in [0.5, 0.6) is 0 Å². The van der Waals surface area contributed by atoms with Crippen LogP contribution in [-0.4, -0.2) is 15.3 Å². The first-order valence-electron chi connectivity index (χ1n) is 7.65. The number of carbonyl (C=O) groups excluding carboxylic acids is 1. The molecule has 124 valence electrons. The van der Waals surface area contributed by atoms with Crippen LogP contribution in [0.3, 0.4) is 0 Å². The van der Waals surface area contributed by atoms with Crippen molar-refractivity contribution in [2.75, 3.05) is 5.32 Å². The normalized spacial score (nSPS) is 11.0. The van der Waals surface area contributed by atoms with E-state index in [4.69, 9.17) is 11.6 Å². The van der Waals surface area contributed by atoms with Crippen LogP contribution in [0.25, 0.3) is 5.65 Å². The van der Waals surface area contributed by atoms with Crippen LogP contribution in [0.2, 0.25) is 5.02 Å². The number of halogens is 2. The number of anilines is 1. The number of aromatic nitrogens is 2. The zero-order chi connectivity index (χ0) is 17.4. The van der Waals surface area contributed by atoms with Crippen LogP contribution in [0.15, 0.2) is 34.9 Å². The molecule has 0 saturated heterocycles. The number of nitrogens with zero attached hydrogens (tertiary/aromatic N) is 2. The fraction of sp³-hybridized carbons (Fsp3) is 0.222. The number of nitrogens with one attached hydrogen (secondary N) is 1. The van der Waals surface area contributed by atoms with Gasteiger partial charge in [0.15, 0.2) is 5.65 Å². The summed E-state index contributed by atoms with van der Waals surface area (Å²) in [6.45, 7) is 5.91. The van der Waals surface area contributed by atoms with Crippen LogP contribution in [0.1, 0.15) is 34.2 Å². The van der Waals surface area contributed by atoms with Gasteiger partial charge >= 0.3 is 0 Å². The Morgan fingerprint density at radius 1 is 1.33 bits per heavy atom. The van der Waals surface area contributed by atoms with Gasteiger partial charge in [-0.2, -0.15) is 0 Å². The van der Waals surface area contributed by atoms with Crippen molar-refractivity contribution < 1.29 is 4.79 Å². The fourth-order valence-electron chi connectivity index (χ4n) is 2.68. The molecule has 6 heteroatoms. The summed E-state index contributed by atoms with van der Waals surface area (Å²) in [5, 5.41) is 3.55. The standard InChI is InChI=1S/C18H17BrClN3O/c1-4-14-16(23-9-10(2)7-13(19)17(23)21-14)18(24)22-15-8-12(20)6-5-11(15)3/h5-9H,4H2,1-3H3,(H,22,24). The van der Waals surface area contributed by atoms with Gasteiger partial charge in [-0.1, -0.05) is 24.6 Å². The van der Waals surface area contributed by atoms with E-state index >= 15 is 0 Å². The van der Waals surface area contributed by atoms with Gasteiger partial charge in [-0.3, -0.25) is 9.20 Å². The number of imidazole rings is 1. The summed E-state index contributed by atoms with van der Waals surface area (Å²) in [5.74, 6) is -0.192. The van der Waals surface area contributed by atoms with Crippen LogP contribution in [-0.2, 0) is 6.42 Å². The van der Waals surface area contributed by atoms with Crippen LogP contribution >= 0.6 is 27.5 Å². The highest BCUT2D eigenvalue weighted by Crippen LogP contribution is 2.25. The number of fused-ring (bicyclic) bond motifs is 1. The van der Waals surface area contributed by atoms with E-state index in [9.17, 15) is 4.79 Å². The van der Waals surface area contributed by atoms with Gasteiger partial charge in [-0.25, -0.2) is 4.98 Å². The third-order valence-corrected chi connectivity index (χ3v) is 4.70. The largest absolute Gasteiger partial charge is 0.320 e. The predicted molar refractivity (Wildman–Crippen MR) is 101 cm³/mol. The summed E-state index contributed by atoms with van der Waals surface area (Å²) < 4.78 is 2.71. The Kier molecular flexibility index (Phi) is 4.65. The van der Waals surface area contributed by atoms with Crippen LogP contribution in [0.4, 0.5) is 5.69 Å². The van der Waals surface area contributed by atoms with Gasteiger partial charge in [0.05, 0.1) is 10.2 Å². The molecule has 0 atom stereocenters. The van der Waals surface area contributed by atoms with Gasteiger partial charge in [0.1, 0.15) is 5.69 Å². The topological polar surface area (TPSA) is 46.4 Å². The zero-order valence-electron chi connectivity index (χ0n) is 13.7. The summed E-state index contributed by atoms with van der Waals surface area (Å²) in [4.78, 5) is 17.5. The maximum Gasteiger partial charge on any atom is 0.274 e. The van der Waals surface area contributed by atoms with Gasteiger partial charge < -0.3 is 5.32 Å². The molecule has 1 amide bonds. The van der Waals surface area contributed by atoms with Gasteiger partial charge in [-0.05, 0) is 65.5 Å². The minimum absolute atomic E-state index is 0.192. The van der Waals surface area contributed by atoms with E-state index in [1.165, 1.54) is 0 Å². The van der Waals surface area contributed by atoms with Crippen molar-refractivity contribution >= 4 is 44.8 Å². The molecule has 0 bridgehead atoms. The highest BCUT2D eigenvalue weighted by Gasteiger charge is 2.20. The lowest BCUT2D eigenvalue weighted by Gasteiger charge is -2.10. The van der Waals surface area contributed by atoms with E-state index in [-0.39, 0.29) is 5.91 Å². The third kappa shape index (κ3) is 3.06. The van der Waals surface area contributed by atoms with E-state index in [0.29, 0.717) is 22.8 Å². The Morgan fingerprint density at radius 2 is 2.08 bits per heavy atom. The summed E-state index contributed by atoms with van der Waals surface area (Å²) in [6.07, 6.45) is 2.59. The molecule has 1 aromatic carbocycles. The number of benzene rings is 1. The monoisotopic (exact) mass is 405 g/mol. The molecular formula is C18H17BrClN3O. The van der Waals surface area contributed by atoms with E-state index in [2.05, 4.69) is 26.2 Å². The summed E-state index contributed by atoms with van der Waals surface area (Å²) in [5.41, 5.74) is 4.76. The van der Waals surface area contributed by atoms with Crippen molar-refractivity contribution in [3.63, 3.8) is 0 Å². The Morgan fingerprint density at radius 3 is 2.79 bits per heavy atom. The Bertz CT molecular complexity index is 949. The fourth-order valence-corrected chi connectivity index (χ4v) is 3.49. The van der Waals surface area contributed by atoms with Gasteiger partial charge in [0, 0.05) is 16.9 Å². The molecule has 4 nitrogen and oxygen atoms in total. The van der Waals surface area contributed by atoms with Crippen molar-refractivity contribution in [2.45, 2.75) is 27.2 Å². The molecule has 3 aromatic rings. The number of aryl methyl sites for hydroxylation is 3. The summed E-state index contributed by atoms with van der Waals surface area (Å²) in [6, 6.07) is 7.43. The average molecular weight is 407 g/mol.